The quantitative estimate of drug-likeness (QED) is 0.916. The fourth-order valence-electron chi connectivity index (χ4n) is 3.01. The largest absolute Gasteiger partial charge is 0.437 e. The lowest BCUT2D eigenvalue weighted by molar-refractivity contribution is 0.363. The lowest BCUT2D eigenvalue weighted by Crippen LogP contribution is -2.48. The van der Waals surface area contributed by atoms with Crippen LogP contribution in [-0.4, -0.2) is 34.5 Å². The van der Waals surface area contributed by atoms with Gasteiger partial charge in [0.05, 0.1) is 18.4 Å². The standard InChI is InChI=1S/C18H21N5O/c1-18(19)7-9-23(10-8-18)15-12-20-16-14(22-15)11-21-17(16)24-13-5-3-2-4-6-13/h2-6,12H,7-11,19H2,1H3. The molecule has 6 nitrogen and oxygen atoms in total. The summed E-state index contributed by atoms with van der Waals surface area (Å²) in [6.45, 7) is 4.45. The van der Waals surface area contributed by atoms with Crippen LogP contribution in [-0.2, 0) is 6.54 Å². The van der Waals surface area contributed by atoms with Crippen LogP contribution in [0.5, 0.6) is 5.75 Å². The molecule has 6 heteroatoms. The minimum Gasteiger partial charge on any atom is -0.437 e. The molecule has 0 saturated carbocycles. The molecule has 2 aliphatic heterocycles. The average molecular weight is 323 g/mol. The predicted molar refractivity (Wildman–Crippen MR) is 93.4 cm³/mol. The highest BCUT2D eigenvalue weighted by molar-refractivity contribution is 5.96. The first-order valence-corrected chi connectivity index (χ1v) is 8.28. The topological polar surface area (TPSA) is 76.6 Å². The van der Waals surface area contributed by atoms with Gasteiger partial charge in [-0.15, -0.1) is 0 Å². The number of piperidine rings is 1. The molecule has 0 bridgehead atoms. The van der Waals surface area contributed by atoms with Crippen molar-refractivity contribution in [2.45, 2.75) is 31.8 Å². The fourth-order valence-corrected chi connectivity index (χ4v) is 3.01. The Bertz CT molecular complexity index is 762. The highest BCUT2D eigenvalue weighted by Crippen LogP contribution is 2.25. The Morgan fingerprint density at radius 2 is 1.92 bits per heavy atom. The SMILES string of the molecule is CC1(N)CCN(c2cnc3c(n2)CN=C3Oc2ccccc2)CC1. The Labute approximate surface area is 141 Å². The molecule has 0 aliphatic carbocycles. The van der Waals surface area contributed by atoms with Gasteiger partial charge < -0.3 is 15.4 Å². The van der Waals surface area contributed by atoms with Gasteiger partial charge in [0.2, 0.25) is 5.90 Å². The van der Waals surface area contributed by atoms with Crippen molar-refractivity contribution < 1.29 is 4.74 Å². The van der Waals surface area contributed by atoms with E-state index in [1.807, 2.05) is 36.5 Å². The molecule has 0 radical (unpaired) electrons. The van der Waals surface area contributed by atoms with Crippen molar-refractivity contribution in [3.8, 4) is 5.75 Å². The van der Waals surface area contributed by atoms with E-state index in [2.05, 4.69) is 21.8 Å². The molecule has 124 valence electrons. The summed E-state index contributed by atoms with van der Waals surface area (Å²) < 4.78 is 5.83. The van der Waals surface area contributed by atoms with Gasteiger partial charge in [-0.05, 0) is 31.9 Å². The third-order valence-corrected chi connectivity index (χ3v) is 4.59. The number of benzene rings is 1. The molecule has 3 heterocycles. The number of hydrogen-bond acceptors (Lipinski definition) is 6. The average Bonchev–Trinajstić information content (AvgIpc) is 2.98. The molecule has 2 aliphatic rings. The highest BCUT2D eigenvalue weighted by Gasteiger charge is 2.28. The van der Waals surface area contributed by atoms with Crippen LogP contribution in [0.15, 0.2) is 41.5 Å². The first kappa shape index (κ1) is 15.1. The van der Waals surface area contributed by atoms with Crippen LogP contribution in [0.3, 0.4) is 0 Å². The van der Waals surface area contributed by atoms with Gasteiger partial charge in [0.1, 0.15) is 17.3 Å². The molecule has 1 saturated heterocycles. The van der Waals surface area contributed by atoms with Gasteiger partial charge >= 0.3 is 0 Å². The third-order valence-electron chi connectivity index (χ3n) is 4.59. The Hall–Kier alpha value is -2.47. The smallest absolute Gasteiger partial charge is 0.243 e. The number of fused-ring (bicyclic) bond motifs is 1. The molecule has 0 spiro atoms. The molecular formula is C18H21N5O. The van der Waals surface area contributed by atoms with Gasteiger partial charge in [-0.3, -0.25) is 0 Å². The minimum atomic E-state index is -0.0690. The summed E-state index contributed by atoms with van der Waals surface area (Å²) in [6.07, 6.45) is 3.74. The number of para-hydroxylation sites is 1. The Morgan fingerprint density at radius 3 is 2.67 bits per heavy atom. The number of aliphatic imine (C=N–C) groups is 1. The summed E-state index contributed by atoms with van der Waals surface area (Å²) in [7, 11) is 0. The second kappa shape index (κ2) is 5.87. The van der Waals surface area contributed by atoms with E-state index in [0.717, 1.165) is 48.9 Å². The van der Waals surface area contributed by atoms with E-state index < -0.39 is 0 Å². The maximum absolute atomic E-state index is 6.20. The van der Waals surface area contributed by atoms with Gasteiger partial charge in [0.25, 0.3) is 0 Å². The van der Waals surface area contributed by atoms with Crippen LogP contribution in [0.2, 0.25) is 0 Å². The molecule has 0 unspecified atom stereocenters. The Morgan fingerprint density at radius 1 is 1.17 bits per heavy atom. The normalized spacial score (nSPS) is 18.9. The van der Waals surface area contributed by atoms with Crippen molar-refractivity contribution in [3.05, 3.63) is 47.9 Å². The van der Waals surface area contributed by atoms with Crippen molar-refractivity contribution in [3.63, 3.8) is 0 Å². The highest BCUT2D eigenvalue weighted by atomic mass is 16.5. The molecule has 4 rings (SSSR count). The number of hydrogen-bond donors (Lipinski definition) is 1. The Kier molecular flexibility index (Phi) is 3.69. The number of anilines is 1. The monoisotopic (exact) mass is 323 g/mol. The zero-order chi connectivity index (χ0) is 16.6. The molecular weight excluding hydrogens is 302 g/mol. The Balaban J connectivity index is 1.50. The summed E-state index contributed by atoms with van der Waals surface area (Å²) in [5.74, 6) is 2.21. The van der Waals surface area contributed by atoms with E-state index >= 15 is 0 Å². The van der Waals surface area contributed by atoms with E-state index in [-0.39, 0.29) is 5.54 Å². The fraction of sp³-hybridized carbons (Fsp3) is 0.389. The van der Waals surface area contributed by atoms with Gasteiger partial charge in [0.15, 0.2) is 0 Å². The molecule has 2 N–H and O–H groups in total. The lowest BCUT2D eigenvalue weighted by atomic mass is 9.91. The molecule has 1 aromatic heterocycles. The van der Waals surface area contributed by atoms with Crippen LogP contribution in [0, 0.1) is 0 Å². The van der Waals surface area contributed by atoms with Crippen LogP contribution in [0.25, 0.3) is 0 Å². The first-order chi connectivity index (χ1) is 11.6. The van der Waals surface area contributed by atoms with E-state index in [1.165, 1.54) is 0 Å². The predicted octanol–water partition coefficient (Wildman–Crippen LogP) is 2.13. The summed E-state index contributed by atoms with van der Waals surface area (Å²) >= 11 is 0. The molecule has 1 fully saturated rings. The molecule has 24 heavy (non-hydrogen) atoms. The van der Waals surface area contributed by atoms with Gasteiger partial charge in [-0.2, -0.15) is 0 Å². The summed E-state index contributed by atoms with van der Waals surface area (Å²) in [6, 6.07) is 9.62. The van der Waals surface area contributed by atoms with E-state index in [9.17, 15) is 0 Å². The van der Waals surface area contributed by atoms with Crippen LogP contribution < -0.4 is 15.4 Å². The van der Waals surface area contributed by atoms with E-state index in [4.69, 9.17) is 15.5 Å². The van der Waals surface area contributed by atoms with Crippen LogP contribution in [0.1, 0.15) is 31.2 Å². The number of nitrogens with zero attached hydrogens (tertiary/aromatic N) is 4. The maximum atomic E-state index is 6.20. The zero-order valence-electron chi connectivity index (χ0n) is 13.8. The van der Waals surface area contributed by atoms with Crippen LogP contribution in [0.4, 0.5) is 5.82 Å². The molecule has 0 atom stereocenters. The van der Waals surface area contributed by atoms with Crippen LogP contribution >= 0.6 is 0 Å². The number of rotatable bonds is 2. The maximum Gasteiger partial charge on any atom is 0.243 e. The van der Waals surface area contributed by atoms with Gasteiger partial charge in [-0.25, -0.2) is 15.0 Å². The van der Waals surface area contributed by atoms with Crippen molar-refractivity contribution in [2.24, 2.45) is 10.7 Å². The summed E-state index contributed by atoms with van der Waals surface area (Å²) in [4.78, 5) is 16.0. The second-order valence-corrected chi connectivity index (χ2v) is 6.70. The zero-order valence-corrected chi connectivity index (χ0v) is 13.8. The second-order valence-electron chi connectivity index (χ2n) is 6.70. The minimum absolute atomic E-state index is 0.0690. The van der Waals surface area contributed by atoms with E-state index in [1.54, 1.807) is 0 Å². The number of nitrogens with two attached hydrogens (primary N) is 1. The van der Waals surface area contributed by atoms with Crippen molar-refractivity contribution in [2.75, 3.05) is 18.0 Å². The van der Waals surface area contributed by atoms with Crippen molar-refractivity contribution in [1.82, 2.24) is 9.97 Å². The van der Waals surface area contributed by atoms with E-state index in [0.29, 0.717) is 12.4 Å². The van der Waals surface area contributed by atoms with Gasteiger partial charge in [-0.1, -0.05) is 18.2 Å². The summed E-state index contributed by atoms with van der Waals surface area (Å²) in [5, 5.41) is 0. The molecule has 0 amide bonds. The number of aromatic nitrogens is 2. The molecule has 1 aromatic carbocycles. The number of ether oxygens (including phenoxy) is 1. The van der Waals surface area contributed by atoms with Gasteiger partial charge in [0, 0.05) is 18.6 Å². The lowest BCUT2D eigenvalue weighted by Gasteiger charge is -2.37. The first-order valence-electron chi connectivity index (χ1n) is 8.28. The third kappa shape index (κ3) is 2.97. The summed E-state index contributed by atoms with van der Waals surface area (Å²) in [5.41, 5.74) is 7.75. The van der Waals surface area contributed by atoms with Crippen molar-refractivity contribution in [1.29, 1.82) is 0 Å². The molecule has 2 aromatic rings. The van der Waals surface area contributed by atoms with Crippen molar-refractivity contribution >= 4 is 11.7 Å².